The number of imidazole rings is 1. The SMILES string of the molecule is COC(=O)C(CC(C)C)NC(=O)C(CC(N)=O)NC(=O)C(Cc1cnc[nH]1)NC(=O)C(N)CCCN=C(N)N. The maximum atomic E-state index is 13.2. The number of ether oxygens (including phenoxy) is 1. The zero-order valence-electron chi connectivity index (χ0n) is 22.4. The fraction of sp³-hybridized carbons (Fsp3) is 0.609. The Morgan fingerprint density at radius 3 is 2.15 bits per heavy atom. The van der Waals surface area contributed by atoms with Gasteiger partial charge in [0.2, 0.25) is 23.6 Å². The van der Waals surface area contributed by atoms with Crippen molar-refractivity contribution in [2.24, 2.45) is 33.8 Å². The molecule has 12 N–H and O–H groups in total. The number of nitrogens with zero attached hydrogens (tertiary/aromatic N) is 2. The number of H-pyrrole nitrogens is 1. The van der Waals surface area contributed by atoms with E-state index in [9.17, 15) is 24.0 Å². The maximum absolute atomic E-state index is 13.2. The predicted octanol–water partition coefficient (Wildman–Crippen LogP) is -3.12. The molecule has 0 radical (unpaired) electrons. The van der Waals surface area contributed by atoms with Crippen molar-refractivity contribution < 1.29 is 28.7 Å². The fourth-order valence-corrected chi connectivity index (χ4v) is 3.54. The van der Waals surface area contributed by atoms with Crippen LogP contribution in [-0.2, 0) is 35.1 Å². The Balaban J connectivity index is 3.03. The second-order valence-corrected chi connectivity index (χ2v) is 9.34. The van der Waals surface area contributed by atoms with Crippen molar-refractivity contribution in [3.8, 4) is 0 Å². The highest BCUT2D eigenvalue weighted by Crippen LogP contribution is 2.08. The van der Waals surface area contributed by atoms with Crippen LogP contribution in [0.25, 0.3) is 0 Å². The lowest BCUT2D eigenvalue weighted by molar-refractivity contribution is -0.146. The first-order valence-electron chi connectivity index (χ1n) is 12.4. The third-order valence-corrected chi connectivity index (χ3v) is 5.46. The van der Waals surface area contributed by atoms with Crippen LogP contribution in [0.15, 0.2) is 17.5 Å². The quantitative estimate of drug-likeness (QED) is 0.0416. The summed E-state index contributed by atoms with van der Waals surface area (Å²) in [4.78, 5) is 73.4. The molecule has 0 aliphatic carbocycles. The number of rotatable bonds is 17. The van der Waals surface area contributed by atoms with E-state index in [1.54, 1.807) is 0 Å². The summed E-state index contributed by atoms with van der Waals surface area (Å²) in [6.07, 6.45) is 3.19. The van der Waals surface area contributed by atoms with E-state index < -0.39 is 60.2 Å². The first kappa shape index (κ1) is 32.8. The molecular weight excluding hydrogens is 512 g/mol. The molecular formula is C23H40N10O6. The van der Waals surface area contributed by atoms with Gasteiger partial charge in [-0.1, -0.05) is 13.8 Å². The number of aromatic nitrogens is 2. The van der Waals surface area contributed by atoms with Crippen molar-refractivity contribution in [2.75, 3.05) is 13.7 Å². The summed E-state index contributed by atoms with van der Waals surface area (Å²) in [5, 5.41) is 7.51. The van der Waals surface area contributed by atoms with Gasteiger partial charge < -0.3 is 48.6 Å². The molecule has 0 saturated heterocycles. The lowest BCUT2D eigenvalue weighted by atomic mass is 10.0. The van der Waals surface area contributed by atoms with Gasteiger partial charge in [0.15, 0.2) is 5.96 Å². The number of guanidine groups is 1. The number of primary amides is 1. The molecule has 1 rings (SSSR count). The highest BCUT2D eigenvalue weighted by atomic mass is 16.5. The minimum Gasteiger partial charge on any atom is -0.467 e. The zero-order valence-corrected chi connectivity index (χ0v) is 22.4. The smallest absolute Gasteiger partial charge is 0.328 e. The summed E-state index contributed by atoms with van der Waals surface area (Å²) >= 11 is 0. The number of carbonyl (C=O) groups excluding carboxylic acids is 5. The van der Waals surface area contributed by atoms with Gasteiger partial charge in [-0.3, -0.25) is 24.2 Å². The van der Waals surface area contributed by atoms with Crippen LogP contribution in [0.2, 0.25) is 0 Å². The number of carbonyl (C=O) groups is 5. The highest BCUT2D eigenvalue weighted by molar-refractivity contribution is 5.96. The number of hydrogen-bond donors (Lipinski definition) is 8. The molecule has 0 bridgehead atoms. The Morgan fingerprint density at radius 1 is 1.00 bits per heavy atom. The molecule has 0 saturated carbocycles. The largest absolute Gasteiger partial charge is 0.467 e. The Hall–Kier alpha value is -4.21. The number of nitrogens with two attached hydrogens (primary N) is 4. The topological polar surface area (TPSA) is 276 Å². The van der Waals surface area contributed by atoms with Gasteiger partial charge in [0, 0.05) is 24.9 Å². The second kappa shape index (κ2) is 16.6. The minimum atomic E-state index is -1.43. The van der Waals surface area contributed by atoms with Crippen LogP contribution in [-0.4, -0.2) is 83.3 Å². The number of methoxy groups -OCH3 is 1. The van der Waals surface area contributed by atoms with Crippen molar-refractivity contribution in [3.63, 3.8) is 0 Å². The first-order valence-corrected chi connectivity index (χ1v) is 12.4. The van der Waals surface area contributed by atoms with E-state index in [0.717, 1.165) is 0 Å². The molecule has 1 aromatic rings. The van der Waals surface area contributed by atoms with Gasteiger partial charge in [0.05, 0.1) is 25.9 Å². The average molecular weight is 553 g/mol. The third-order valence-electron chi connectivity index (χ3n) is 5.46. The van der Waals surface area contributed by atoms with Crippen LogP contribution in [0.3, 0.4) is 0 Å². The van der Waals surface area contributed by atoms with Crippen LogP contribution < -0.4 is 38.9 Å². The van der Waals surface area contributed by atoms with Crippen LogP contribution in [0, 0.1) is 5.92 Å². The number of hydrogen-bond acceptors (Lipinski definition) is 9. The third kappa shape index (κ3) is 12.7. The Labute approximate surface area is 226 Å². The maximum Gasteiger partial charge on any atom is 0.328 e. The molecule has 4 amide bonds. The monoisotopic (exact) mass is 552 g/mol. The predicted molar refractivity (Wildman–Crippen MR) is 141 cm³/mol. The number of aliphatic imine (C=N–C) groups is 1. The Bertz CT molecular complexity index is 994. The summed E-state index contributed by atoms with van der Waals surface area (Å²) in [5.41, 5.74) is 22.3. The summed E-state index contributed by atoms with van der Waals surface area (Å²) < 4.78 is 4.75. The molecule has 0 aromatic carbocycles. The van der Waals surface area contributed by atoms with Gasteiger partial charge in [-0.25, -0.2) is 9.78 Å². The molecule has 0 spiro atoms. The lowest BCUT2D eigenvalue weighted by Gasteiger charge is -2.25. The molecule has 16 heteroatoms. The van der Waals surface area contributed by atoms with Gasteiger partial charge in [0.1, 0.15) is 18.1 Å². The molecule has 218 valence electrons. The van der Waals surface area contributed by atoms with E-state index >= 15 is 0 Å². The number of nitrogens with one attached hydrogen (secondary N) is 4. The van der Waals surface area contributed by atoms with Crippen molar-refractivity contribution in [1.82, 2.24) is 25.9 Å². The second-order valence-electron chi connectivity index (χ2n) is 9.34. The van der Waals surface area contributed by atoms with Gasteiger partial charge in [-0.2, -0.15) is 0 Å². The average Bonchev–Trinajstić information content (AvgIpc) is 3.37. The van der Waals surface area contributed by atoms with E-state index in [-0.39, 0.29) is 37.7 Å². The molecule has 16 nitrogen and oxygen atoms in total. The van der Waals surface area contributed by atoms with Crippen LogP contribution >= 0.6 is 0 Å². The molecule has 0 aliphatic rings. The van der Waals surface area contributed by atoms with Crippen LogP contribution in [0.5, 0.6) is 0 Å². The fourth-order valence-electron chi connectivity index (χ4n) is 3.54. The Morgan fingerprint density at radius 2 is 1.62 bits per heavy atom. The summed E-state index contributed by atoms with van der Waals surface area (Å²) in [6, 6.07) is -4.61. The van der Waals surface area contributed by atoms with Gasteiger partial charge >= 0.3 is 5.97 Å². The highest BCUT2D eigenvalue weighted by Gasteiger charge is 2.32. The van der Waals surface area contributed by atoms with Gasteiger partial charge in [-0.05, 0) is 25.2 Å². The van der Waals surface area contributed by atoms with E-state index in [1.807, 2.05) is 13.8 Å². The normalized spacial score (nSPS) is 13.9. The van der Waals surface area contributed by atoms with E-state index in [4.69, 9.17) is 27.7 Å². The van der Waals surface area contributed by atoms with E-state index in [0.29, 0.717) is 12.1 Å². The standard InChI is InChI=1S/C23H40N10O6/c1-12(2)7-17(22(38)39-3)33-21(37)16(9-18(25)34)32-20(36)15(8-13-10-28-11-30-13)31-19(35)14(24)5-4-6-29-23(26)27/h10-12,14-17H,4-9,24H2,1-3H3,(H2,25,34)(H,28,30)(H,31,35)(H,32,36)(H,33,37)(H4,26,27,29). The minimum absolute atomic E-state index is 0.0243. The van der Waals surface area contributed by atoms with Crippen molar-refractivity contribution >= 4 is 35.6 Å². The molecule has 4 atom stereocenters. The number of amides is 4. The molecule has 0 fully saturated rings. The van der Waals surface area contributed by atoms with Gasteiger partial charge in [0.25, 0.3) is 0 Å². The summed E-state index contributed by atoms with van der Waals surface area (Å²) in [6.45, 7) is 3.97. The molecule has 0 aliphatic heterocycles. The van der Waals surface area contributed by atoms with E-state index in [2.05, 4.69) is 30.9 Å². The first-order chi connectivity index (χ1) is 18.3. The van der Waals surface area contributed by atoms with Crippen molar-refractivity contribution in [2.45, 2.75) is 70.1 Å². The van der Waals surface area contributed by atoms with Crippen LogP contribution in [0.4, 0.5) is 0 Å². The van der Waals surface area contributed by atoms with Crippen LogP contribution in [0.1, 0.15) is 45.2 Å². The Kier molecular flexibility index (Phi) is 14.0. The summed E-state index contributed by atoms with van der Waals surface area (Å²) in [7, 11) is 1.18. The number of aromatic amines is 1. The zero-order chi connectivity index (χ0) is 29.5. The molecule has 1 aromatic heterocycles. The van der Waals surface area contributed by atoms with Crippen molar-refractivity contribution in [3.05, 3.63) is 18.2 Å². The summed E-state index contributed by atoms with van der Waals surface area (Å²) in [5.74, 6) is -3.84. The van der Waals surface area contributed by atoms with E-state index in [1.165, 1.54) is 19.6 Å². The lowest BCUT2D eigenvalue weighted by Crippen LogP contribution is -2.58. The molecule has 39 heavy (non-hydrogen) atoms. The molecule has 4 unspecified atom stereocenters. The number of esters is 1. The van der Waals surface area contributed by atoms with Gasteiger partial charge in [-0.15, -0.1) is 0 Å². The molecule has 1 heterocycles. The van der Waals surface area contributed by atoms with Crippen molar-refractivity contribution in [1.29, 1.82) is 0 Å².